The van der Waals surface area contributed by atoms with Crippen LogP contribution in [0.3, 0.4) is 0 Å². The SMILES string of the molecule is CCCCNC(=O)[C@H](CC)N(Cc1cccc(OC)c1)C(=O)Cc1c(F)cccc1Cl. The first-order valence-electron chi connectivity index (χ1n) is 10.5. The molecule has 0 aliphatic rings. The van der Waals surface area contributed by atoms with Gasteiger partial charge in [-0.05, 0) is 42.7 Å². The molecule has 0 fully saturated rings. The molecule has 0 aliphatic carbocycles. The summed E-state index contributed by atoms with van der Waals surface area (Å²) in [7, 11) is 1.57. The molecular weight excluding hydrogens is 419 g/mol. The molecular formula is C24H30ClFN2O3. The summed E-state index contributed by atoms with van der Waals surface area (Å²) in [6, 6.07) is 11.0. The molecule has 1 N–H and O–H groups in total. The zero-order chi connectivity index (χ0) is 22.8. The Morgan fingerprint density at radius 2 is 1.94 bits per heavy atom. The summed E-state index contributed by atoms with van der Waals surface area (Å²) in [4.78, 5) is 27.7. The summed E-state index contributed by atoms with van der Waals surface area (Å²) in [6.07, 6.45) is 2.01. The van der Waals surface area contributed by atoms with Crippen LogP contribution in [0.25, 0.3) is 0 Å². The lowest BCUT2D eigenvalue weighted by molar-refractivity contribution is -0.141. The summed E-state index contributed by atoms with van der Waals surface area (Å²) < 4.78 is 19.6. The molecule has 2 rings (SSSR count). The highest BCUT2D eigenvalue weighted by atomic mass is 35.5. The van der Waals surface area contributed by atoms with Crippen LogP contribution in [-0.2, 0) is 22.6 Å². The topological polar surface area (TPSA) is 58.6 Å². The number of nitrogens with one attached hydrogen (secondary N) is 1. The first kappa shape index (κ1) is 24.7. The van der Waals surface area contributed by atoms with Gasteiger partial charge in [0, 0.05) is 23.7 Å². The molecule has 0 unspecified atom stereocenters. The average Bonchev–Trinajstić information content (AvgIpc) is 2.76. The van der Waals surface area contributed by atoms with Crippen LogP contribution < -0.4 is 10.1 Å². The van der Waals surface area contributed by atoms with E-state index in [1.807, 2.05) is 38.1 Å². The summed E-state index contributed by atoms with van der Waals surface area (Å²) in [5.74, 6) is -0.468. The Balaban J connectivity index is 2.32. The van der Waals surface area contributed by atoms with Gasteiger partial charge in [0.1, 0.15) is 17.6 Å². The minimum atomic E-state index is -0.680. The van der Waals surface area contributed by atoms with Crippen LogP contribution >= 0.6 is 11.6 Å². The molecule has 0 saturated carbocycles. The van der Waals surface area contributed by atoms with Crippen LogP contribution in [0.15, 0.2) is 42.5 Å². The highest BCUT2D eigenvalue weighted by Crippen LogP contribution is 2.23. The van der Waals surface area contributed by atoms with E-state index in [9.17, 15) is 14.0 Å². The summed E-state index contributed by atoms with van der Waals surface area (Å²) in [6.45, 7) is 4.64. The van der Waals surface area contributed by atoms with Crippen LogP contribution in [0.1, 0.15) is 44.2 Å². The number of benzene rings is 2. The standard InChI is InChI=1S/C24H30ClFN2O3/c1-4-6-13-27-24(30)22(5-2)28(16-17-9-7-10-18(14-17)31-3)23(29)15-19-20(25)11-8-12-21(19)26/h7-12,14,22H,4-6,13,15-16H2,1-3H3,(H,27,30)/t22-/m0/s1. The Hall–Kier alpha value is -2.60. The predicted molar refractivity (Wildman–Crippen MR) is 121 cm³/mol. The second-order valence-corrected chi connectivity index (χ2v) is 7.73. The first-order chi connectivity index (χ1) is 14.9. The molecule has 2 amide bonds. The summed E-state index contributed by atoms with van der Waals surface area (Å²) in [5, 5.41) is 3.10. The van der Waals surface area contributed by atoms with Gasteiger partial charge in [0.15, 0.2) is 0 Å². The molecule has 0 bridgehead atoms. The van der Waals surface area contributed by atoms with Gasteiger partial charge >= 0.3 is 0 Å². The molecule has 0 radical (unpaired) electrons. The number of carbonyl (C=O) groups excluding carboxylic acids is 2. The molecule has 2 aromatic carbocycles. The van der Waals surface area contributed by atoms with Gasteiger partial charge in [0.25, 0.3) is 0 Å². The number of amides is 2. The Bertz CT molecular complexity index is 871. The van der Waals surface area contributed by atoms with Crippen LogP contribution in [0.4, 0.5) is 4.39 Å². The van der Waals surface area contributed by atoms with Gasteiger partial charge in [-0.1, -0.05) is 50.1 Å². The molecule has 7 heteroatoms. The predicted octanol–water partition coefficient (Wildman–Crippen LogP) is 4.75. The Morgan fingerprint density at radius 3 is 2.58 bits per heavy atom. The minimum absolute atomic E-state index is 0.131. The normalized spacial score (nSPS) is 11.6. The number of hydrogen-bond donors (Lipinski definition) is 1. The number of nitrogens with zero attached hydrogens (tertiary/aromatic N) is 1. The van der Waals surface area contributed by atoms with E-state index >= 15 is 0 Å². The molecule has 5 nitrogen and oxygen atoms in total. The van der Waals surface area contributed by atoms with Crippen molar-refractivity contribution in [1.29, 1.82) is 0 Å². The number of methoxy groups -OCH3 is 1. The average molecular weight is 449 g/mol. The quantitative estimate of drug-likeness (QED) is 0.504. The second-order valence-electron chi connectivity index (χ2n) is 7.32. The van der Waals surface area contributed by atoms with Gasteiger partial charge in [-0.2, -0.15) is 0 Å². The lowest BCUT2D eigenvalue weighted by atomic mass is 10.1. The minimum Gasteiger partial charge on any atom is -0.497 e. The molecule has 2 aromatic rings. The number of carbonyl (C=O) groups is 2. The van der Waals surface area contributed by atoms with E-state index in [0.29, 0.717) is 18.7 Å². The third-order valence-corrected chi connectivity index (χ3v) is 5.45. The maximum absolute atomic E-state index is 14.3. The van der Waals surface area contributed by atoms with Crippen molar-refractivity contribution >= 4 is 23.4 Å². The van der Waals surface area contributed by atoms with Crippen molar-refractivity contribution in [3.8, 4) is 5.75 Å². The van der Waals surface area contributed by atoms with Gasteiger partial charge in [-0.3, -0.25) is 9.59 Å². The smallest absolute Gasteiger partial charge is 0.242 e. The van der Waals surface area contributed by atoms with E-state index in [4.69, 9.17) is 16.3 Å². The fourth-order valence-corrected chi connectivity index (χ4v) is 3.58. The Kier molecular flexibility index (Phi) is 9.79. The fourth-order valence-electron chi connectivity index (χ4n) is 3.35. The molecule has 0 heterocycles. The summed E-state index contributed by atoms with van der Waals surface area (Å²) in [5.41, 5.74) is 0.943. The molecule has 0 saturated heterocycles. The van der Waals surface area contributed by atoms with Gasteiger partial charge in [0.2, 0.25) is 11.8 Å². The van der Waals surface area contributed by atoms with Crippen LogP contribution in [0, 0.1) is 5.82 Å². The van der Waals surface area contributed by atoms with Gasteiger partial charge in [-0.25, -0.2) is 4.39 Å². The molecule has 0 aliphatic heterocycles. The van der Waals surface area contributed by atoms with Gasteiger partial charge in [0.05, 0.1) is 13.5 Å². The monoisotopic (exact) mass is 448 g/mol. The maximum Gasteiger partial charge on any atom is 0.242 e. The van der Waals surface area contributed by atoms with Crippen molar-refractivity contribution in [3.63, 3.8) is 0 Å². The van der Waals surface area contributed by atoms with E-state index < -0.39 is 11.9 Å². The van der Waals surface area contributed by atoms with Crippen molar-refractivity contribution in [1.82, 2.24) is 10.2 Å². The number of rotatable bonds is 11. The van der Waals surface area contributed by atoms with Crippen molar-refractivity contribution in [2.45, 2.75) is 52.1 Å². The van der Waals surface area contributed by atoms with Gasteiger partial charge < -0.3 is 15.0 Å². The zero-order valence-corrected chi connectivity index (χ0v) is 19.0. The lowest BCUT2D eigenvalue weighted by Crippen LogP contribution is -2.49. The summed E-state index contributed by atoms with van der Waals surface area (Å²) >= 11 is 6.13. The number of halogens is 2. The van der Waals surface area contributed by atoms with Gasteiger partial charge in [-0.15, -0.1) is 0 Å². The van der Waals surface area contributed by atoms with Crippen LogP contribution in [0.2, 0.25) is 5.02 Å². The van der Waals surface area contributed by atoms with E-state index in [1.54, 1.807) is 13.2 Å². The molecule has 0 spiro atoms. The number of unbranched alkanes of at least 4 members (excludes halogenated alkanes) is 1. The Labute approximate surface area is 188 Å². The number of ether oxygens (including phenoxy) is 1. The molecule has 1 atom stereocenters. The lowest BCUT2D eigenvalue weighted by Gasteiger charge is -2.31. The van der Waals surface area contributed by atoms with E-state index in [0.717, 1.165) is 18.4 Å². The highest BCUT2D eigenvalue weighted by molar-refractivity contribution is 6.31. The highest BCUT2D eigenvalue weighted by Gasteiger charge is 2.29. The van der Waals surface area contributed by atoms with E-state index in [1.165, 1.54) is 17.0 Å². The molecule has 31 heavy (non-hydrogen) atoms. The third-order valence-electron chi connectivity index (χ3n) is 5.09. The largest absolute Gasteiger partial charge is 0.497 e. The van der Waals surface area contributed by atoms with E-state index in [2.05, 4.69) is 5.32 Å². The van der Waals surface area contributed by atoms with Crippen LogP contribution in [-0.4, -0.2) is 36.4 Å². The fraction of sp³-hybridized carbons (Fsp3) is 0.417. The molecule has 168 valence electrons. The Morgan fingerprint density at radius 1 is 1.19 bits per heavy atom. The van der Waals surface area contributed by atoms with Crippen molar-refractivity contribution < 1.29 is 18.7 Å². The number of hydrogen-bond acceptors (Lipinski definition) is 3. The maximum atomic E-state index is 14.3. The second kappa shape index (κ2) is 12.3. The van der Waals surface area contributed by atoms with Crippen molar-refractivity contribution in [2.75, 3.05) is 13.7 Å². The van der Waals surface area contributed by atoms with Crippen molar-refractivity contribution in [2.24, 2.45) is 0 Å². The third kappa shape index (κ3) is 6.96. The van der Waals surface area contributed by atoms with Crippen molar-refractivity contribution in [3.05, 3.63) is 64.4 Å². The van der Waals surface area contributed by atoms with Crippen LogP contribution in [0.5, 0.6) is 5.75 Å². The van der Waals surface area contributed by atoms with E-state index in [-0.39, 0.29) is 35.4 Å². The molecule has 0 aromatic heterocycles. The zero-order valence-electron chi connectivity index (χ0n) is 18.3. The first-order valence-corrected chi connectivity index (χ1v) is 10.9.